The molecule has 3 rings (SSSR count). The first-order chi connectivity index (χ1) is 13.3. The largest absolute Gasteiger partial charge is 0.481 e. The van der Waals surface area contributed by atoms with Crippen LogP contribution in [-0.2, 0) is 17.6 Å². The van der Waals surface area contributed by atoms with Gasteiger partial charge in [0.2, 0.25) is 0 Å². The Morgan fingerprint density at radius 3 is 2.39 bits per heavy atom. The van der Waals surface area contributed by atoms with Gasteiger partial charge in [-0.3, -0.25) is 4.79 Å². The molecule has 1 N–H and O–H groups in total. The molecule has 0 spiro atoms. The van der Waals surface area contributed by atoms with Crippen LogP contribution in [0.2, 0.25) is 0 Å². The Morgan fingerprint density at radius 1 is 0.964 bits per heavy atom. The molecule has 0 bridgehead atoms. The van der Waals surface area contributed by atoms with Crippen molar-refractivity contribution in [2.24, 2.45) is 0 Å². The van der Waals surface area contributed by atoms with Gasteiger partial charge in [0.1, 0.15) is 5.75 Å². The van der Waals surface area contributed by atoms with Crippen molar-refractivity contribution in [2.45, 2.75) is 78.4 Å². The fourth-order valence-electron chi connectivity index (χ4n) is 3.90. The SMILES string of the molecule is Cc1ccc(C(C)C)c(OC(C)C(=O)NC(C)c2ccc3c(c2)CCCC3)c1. The van der Waals surface area contributed by atoms with Crippen LogP contribution < -0.4 is 10.1 Å². The summed E-state index contributed by atoms with van der Waals surface area (Å²) < 4.78 is 6.06. The topological polar surface area (TPSA) is 38.3 Å². The first-order valence-corrected chi connectivity index (χ1v) is 10.5. The van der Waals surface area contributed by atoms with E-state index >= 15 is 0 Å². The van der Waals surface area contributed by atoms with Crippen LogP contribution in [0.5, 0.6) is 5.75 Å². The van der Waals surface area contributed by atoms with Crippen LogP contribution in [0.3, 0.4) is 0 Å². The van der Waals surface area contributed by atoms with Gasteiger partial charge in [-0.1, -0.05) is 44.2 Å². The molecule has 2 aromatic rings. The average molecular weight is 380 g/mol. The molecule has 0 heterocycles. The van der Waals surface area contributed by atoms with Gasteiger partial charge in [-0.05, 0) is 86.3 Å². The number of hydrogen-bond donors (Lipinski definition) is 1. The molecule has 0 fully saturated rings. The van der Waals surface area contributed by atoms with Crippen molar-refractivity contribution in [3.8, 4) is 5.75 Å². The summed E-state index contributed by atoms with van der Waals surface area (Å²) in [5, 5.41) is 3.12. The van der Waals surface area contributed by atoms with Gasteiger partial charge in [0.05, 0.1) is 6.04 Å². The van der Waals surface area contributed by atoms with E-state index in [1.807, 2.05) is 26.8 Å². The second-order valence-corrected chi connectivity index (χ2v) is 8.42. The minimum Gasteiger partial charge on any atom is -0.481 e. The van der Waals surface area contributed by atoms with E-state index in [-0.39, 0.29) is 11.9 Å². The molecule has 0 aliphatic heterocycles. The van der Waals surface area contributed by atoms with Crippen molar-refractivity contribution in [1.82, 2.24) is 5.32 Å². The third kappa shape index (κ3) is 4.76. The van der Waals surface area contributed by atoms with E-state index in [1.54, 1.807) is 0 Å². The normalized spacial score (nSPS) is 15.6. The first-order valence-electron chi connectivity index (χ1n) is 10.5. The molecule has 2 unspecified atom stereocenters. The predicted molar refractivity (Wildman–Crippen MR) is 115 cm³/mol. The third-order valence-electron chi connectivity index (χ3n) is 5.70. The quantitative estimate of drug-likeness (QED) is 0.705. The molecule has 2 aromatic carbocycles. The lowest BCUT2D eigenvalue weighted by Crippen LogP contribution is -2.38. The minimum atomic E-state index is -0.542. The molecule has 150 valence electrons. The summed E-state index contributed by atoms with van der Waals surface area (Å²) >= 11 is 0. The maximum absolute atomic E-state index is 12.7. The molecule has 0 saturated carbocycles. The molecule has 0 radical (unpaired) electrons. The molecular weight excluding hydrogens is 346 g/mol. The van der Waals surface area contributed by atoms with E-state index in [0.717, 1.165) is 23.3 Å². The Labute approximate surface area is 169 Å². The van der Waals surface area contributed by atoms with Crippen molar-refractivity contribution in [3.05, 3.63) is 64.2 Å². The van der Waals surface area contributed by atoms with Gasteiger partial charge in [0.25, 0.3) is 5.91 Å². The van der Waals surface area contributed by atoms with Crippen LogP contribution in [-0.4, -0.2) is 12.0 Å². The second kappa shape index (κ2) is 8.81. The van der Waals surface area contributed by atoms with E-state index in [4.69, 9.17) is 4.74 Å². The van der Waals surface area contributed by atoms with Crippen molar-refractivity contribution in [3.63, 3.8) is 0 Å². The molecular formula is C25H33NO2. The van der Waals surface area contributed by atoms with Gasteiger partial charge >= 0.3 is 0 Å². The number of nitrogens with one attached hydrogen (secondary N) is 1. The number of benzene rings is 2. The summed E-state index contributed by atoms with van der Waals surface area (Å²) in [6.45, 7) is 10.2. The Balaban J connectivity index is 1.67. The van der Waals surface area contributed by atoms with Crippen molar-refractivity contribution in [2.75, 3.05) is 0 Å². The molecule has 1 amide bonds. The van der Waals surface area contributed by atoms with Gasteiger partial charge in [0, 0.05) is 0 Å². The monoisotopic (exact) mass is 379 g/mol. The molecule has 0 saturated heterocycles. The molecule has 3 nitrogen and oxygen atoms in total. The molecule has 3 heteroatoms. The number of amides is 1. The van der Waals surface area contributed by atoms with Gasteiger partial charge in [-0.2, -0.15) is 0 Å². The predicted octanol–water partition coefficient (Wildman–Crippen LogP) is 5.64. The Hall–Kier alpha value is -2.29. The van der Waals surface area contributed by atoms with Crippen LogP contribution >= 0.6 is 0 Å². The van der Waals surface area contributed by atoms with Crippen molar-refractivity contribution < 1.29 is 9.53 Å². The summed E-state index contributed by atoms with van der Waals surface area (Å²) in [7, 11) is 0. The highest BCUT2D eigenvalue weighted by molar-refractivity contribution is 5.81. The first kappa shape index (κ1) is 20.4. The summed E-state index contributed by atoms with van der Waals surface area (Å²) in [6.07, 6.45) is 4.32. The van der Waals surface area contributed by atoms with Crippen molar-refractivity contribution in [1.29, 1.82) is 0 Å². The lowest BCUT2D eigenvalue weighted by molar-refractivity contribution is -0.127. The smallest absolute Gasteiger partial charge is 0.261 e. The maximum Gasteiger partial charge on any atom is 0.261 e. The highest BCUT2D eigenvalue weighted by Gasteiger charge is 2.20. The Morgan fingerprint density at radius 2 is 1.68 bits per heavy atom. The molecule has 1 aliphatic carbocycles. The van der Waals surface area contributed by atoms with Gasteiger partial charge in [-0.15, -0.1) is 0 Å². The molecule has 28 heavy (non-hydrogen) atoms. The number of ether oxygens (including phenoxy) is 1. The number of carbonyl (C=O) groups excluding carboxylic acids is 1. The lowest BCUT2D eigenvalue weighted by Gasteiger charge is -2.23. The van der Waals surface area contributed by atoms with Gasteiger partial charge in [-0.25, -0.2) is 0 Å². The number of fused-ring (bicyclic) bond motifs is 1. The number of rotatable bonds is 6. The minimum absolute atomic E-state index is 0.0344. The summed E-state index contributed by atoms with van der Waals surface area (Å²) in [5.74, 6) is 1.07. The molecule has 1 aliphatic rings. The van der Waals surface area contributed by atoms with Crippen LogP contribution in [0.1, 0.15) is 80.3 Å². The summed E-state index contributed by atoms with van der Waals surface area (Å²) in [6, 6.07) is 12.8. The number of aryl methyl sites for hydroxylation is 3. The van der Waals surface area contributed by atoms with Gasteiger partial charge in [0.15, 0.2) is 6.10 Å². The van der Waals surface area contributed by atoms with Gasteiger partial charge < -0.3 is 10.1 Å². The van der Waals surface area contributed by atoms with Crippen LogP contribution in [0.15, 0.2) is 36.4 Å². The summed E-state index contributed by atoms with van der Waals surface area (Å²) in [4.78, 5) is 12.7. The van der Waals surface area contributed by atoms with Crippen LogP contribution in [0.4, 0.5) is 0 Å². The number of carbonyl (C=O) groups is 1. The van der Waals surface area contributed by atoms with E-state index in [2.05, 4.69) is 49.5 Å². The Kier molecular flexibility index (Phi) is 6.43. The van der Waals surface area contributed by atoms with E-state index < -0.39 is 6.10 Å². The fraction of sp³-hybridized carbons (Fsp3) is 0.480. The zero-order chi connectivity index (χ0) is 20.3. The van der Waals surface area contributed by atoms with E-state index in [0.29, 0.717) is 5.92 Å². The highest BCUT2D eigenvalue weighted by atomic mass is 16.5. The maximum atomic E-state index is 12.7. The fourth-order valence-corrected chi connectivity index (χ4v) is 3.90. The van der Waals surface area contributed by atoms with E-state index in [9.17, 15) is 4.79 Å². The Bertz CT molecular complexity index is 840. The average Bonchev–Trinajstić information content (AvgIpc) is 2.67. The lowest BCUT2D eigenvalue weighted by atomic mass is 9.89. The van der Waals surface area contributed by atoms with Crippen molar-refractivity contribution >= 4 is 5.91 Å². The third-order valence-corrected chi connectivity index (χ3v) is 5.70. The van der Waals surface area contributed by atoms with Crippen LogP contribution in [0.25, 0.3) is 0 Å². The van der Waals surface area contributed by atoms with E-state index in [1.165, 1.54) is 36.0 Å². The van der Waals surface area contributed by atoms with Crippen LogP contribution in [0, 0.1) is 6.92 Å². The standard InChI is InChI=1S/C25H33NO2/c1-16(2)23-13-10-17(3)14-24(23)28-19(5)25(27)26-18(4)21-12-11-20-8-6-7-9-22(20)15-21/h10-16,18-19H,6-9H2,1-5H3,(H,26,27). The second-order valence-electron chi connectivity index (χ2n) is 8.42. The molecule has 2 atom stereocenters. The molecule has 0 aromatic heterocycles. The summed E-state index contributed by atoms with van der Waals surface area (Å²) in [5.41, 5.74) is 6.34. The zero-order valence-electron chi connectivity index (χ0n) is 17.8. The number of hydrogen-bond acceptors (Lipinski definition) is 2. The zero-order valence-corrected chi connectivity index (χ0v) is 17.8. The highest BCUT2D eigenvalue weighted by Crippen LogP contribution is 2.29.